The Labute approximate surface area is 246 Å². The summed E-state index contributed by atoms with van der Waals surface area (Å²) in [5.41, 5.74) is 2.97. The summed E-state index contributed by atoms with van der Waals surface area (Å²) >= 11 is 16.0. The Balaban J connectivity index is 1.35. The van der Waals surface area contributed by atoms with Crippen LogP contribution in [-0.2, 0) is 16.2 Å². The first-order chi connectivity index (χ1) is 19.2. The van der Waals surface area contributed by atoms with Crippen LogP contribution in [0.1, 0.15) is 33.6 Å². The smallest absolute Gasteiger partial charge is 0.274 e. The van der Waals surface area contributed by atoms with Crippen LogP contribution >= 0.6 is 39.1 Å². The van der Waals surface area contributed by atoms with E-state index in [1.54, 1.807) is 55.6 Å². The molecule has 5 rings (SSSR count). The molecule has 204 valence electrons. The Bertz CT molecular complexity index is 1640. The highest BCUT2D eigenvalue weighted by Crippen LogP contribution is 2.31. The standard InChI is InChI=1S/C27H20BrCl2FN6O3/c1-14-9-16(29)10-18(20-11-22(40-36-20)27(39)33-13-15-4-6-17(31)7-5-15)24(14)34-26(38)21-12-23(28)35-37(21)25-19(30)3-2-8-32-25/h2-10,12,22H,11,13H2,1H3,(H,33,39)(H,34,38). The number of pyridine rings is 1. The van der Waals surface area contributed by atoms with Crippen LogP contribution in [-0.4, -0.2) is 38.4 Å². The zero-order valence-electron chi connectivity index (χ0n) is 20.8. The molecule has 13 heteroatoms. The first-order valence-corrected chi connectivity index (χ1v) is 13.5. The van der Waals surface area contributed by atoms with Gasteiger partial charge in [-0.1, -0.05) is 40.5 Å². The third-order valence-electron chi connectivity index (χ3n) is 6.04. The van der Waals surface area contributed by atoms with E-state index in [0.717, 1.165) is 5.56 Å². The van der Waals surface area contributed by atoms with E-state index in [2.05, 4.69) is 41.8 Å². The Kier molecular flexibility index (Phi) is 8.15. The number of anilines is 1. The summed E-state index contributed by atoms with van der Waals surface area (Å²) < 4.78 is 14.9. The zero-order chi connectivity index (χ0) is 28.4. The third kappa shape index (κ3) is 6.01. The molecule has 1 aliphatic heterocycles. The zero-order valence-corrected chi connectivity index (χ0v) is 23.9. The van der Waals surface area contributed by atoms with Crippen LogP contribution in [0.25, 0.3) is 5.82 Å². The number of aryl methyl sites for hydroxylation is 1. The van der Waals surface area contributed by atoms with Crippen molar-refractivity contribution >= 4 is 62.3 Å². The molecule has 2 aromatic carbocycles. The van der Waals surface area contributed by atoms with Crippen LogP contribution in [0.5, 0.6) is 0 Å². The normalized spacial score (nSPS) is 14.4. The molecule has 9 nitrogen and oxygen atoms in total. The van der Waals surface area contributed by atoms with E-state index in [-0.39, 0.29) is 36.2 Å². The number of aromatic nitrogens is 3. The van der Waals surface area contributed by atoms with Crippen molar-refractivity contribution in [3.05, 3.63) is 104 Å². The van der Waals surface area contributed by atoms with Crippen molar-refractivity contribution in [2.24, 2.45) is 5.16 Å². The molecule has 1 aliphatic rings. The van der Waals surface area contributed by atoms with Crippen molar-refractivity contribution in [2.45, 2.75) is 26.0 Å². The number of carbonyl (C=O) groups is 2. The first kappa shape index (κ1) is 27.8. The van der Waals surface area contributed by atoms with Crippen molar-refractivity contribution in [1.82, 2.24) is 20.1 Å². The molecule has 0 fully saturated rings. The Morgan fingerprint density at radius 3 is 2.70 bits per heavy atom. The SMILES string of the molecule is Cc1cc(Cl)cc(C2=NOC(C(=O)NCc3ccc(F)cc3)C2)c1NC(=O)c1cc(Br)nn1-c1ncccc1Cl. The lowest BCUT2D eigenvalue weighted by Gasteiger charge is -2.15. The lowest BCUT2D eigenvalue weighted by molar-refractivity contribution is -0.131. The summed E-state index contributed by atoms with van der Waals surface area (Å²) in [5.74, 6) is -0.936. The second-order valence-electron chi connectivity index (χ2n) is 8.85. The van der Waals surface area contributed by atoms with Gasteiger partial charge in [-0.2, -0.15) is 5.10 Å². The van der Waals surface area contributed by atoms with Crippen LogP contribution in [0.4, 0.5) is 10.1 Å². The summed E-state index contributed by atoms with van der Waals surface area (Å²) in [6.45, 7) is 1.99. The van der Waals surface area contributed by atoms with Crippen LogP contribution in [0.15, 0.2) is 70.6 Å². The number of amides is 2. The van der Waals surface area contributed by atoms with Crippen LogP contribution in [0.2, 0.25) is 10.0 Å². The molecule has 40 heavy (non-hydrogen) atoms. The maximum absolute atomic E-state index is 13.5. The van der Waals surface area contributed by atoms with Gasteiger partial charge >= 0.3 is 0 Å². The quantitative estimate of drug-likeness (QED) is 0.262. The van der Waals surface area contributed by atoms with E-state index in [1.165, 1.54) is 16.8 Å². The average Bonchev–Trinajstić information content (AvgIpc) is 3.57. The Morgan fingerprint density at radius 2 is 1.95 bits per heavy atom. The molecule has 0 saturated carbocycles. The Hall–Kier alpha value is -3.80. The van der Waals surface area contributed by atoms with E-state index >= 15 is 0 Å². The number of hydrogen-bond acceptors (Lipinski definition) is 6. The van der Waals surface area contributed by atoms with Gasteiger partial charge in [0, 0.05) is 35.8 Å². The van der Waals surface area contributed by atoms with Gasteiger partial charge in [-0.3, -0.25) is 9.59 Å². The molecule has 1 atom stereocenters. The summed E-state index contributed by atoms with van der Waals surface area (Å²) in [6.07, 6.45) is 0.803. The summed E-state index contributed by atoms with van der Waals surface area (Å²) in [4.78, 5) is 35.9. The molecular weight excluding hydrogens is 626 g/mol. The number of benzene rings is 2. The second kappa shape index (κ2) is 11.7. The molecule has 0 bridgehead atoms. The van der Waals surface area contributed by atoms with E-state index in [4.69, 9.17) is 28.0 Å². The Morgan fingerprint density at radius 1 is 1.18 bits per heavy atom. The van der Waals surface area contributed by atoms with Gasteiger partial charge in [-0.15, -0.1) is 0 Å². The molecule has 0 saturated heterocycles. The fraction of sp³-hybridized carbons (Fsp3) is 0.148. The lowest BCUT2D eigenvalue weighted by atomic mass is 9.99. The summed E-state index contributed by atoms with van der Waals surface area (Å²) in [7, 11) is 0. The molecule has 0 spiro atoms. The van der Waals surface area contributed by atoms with Crippen LogP contribution in [0, 0.1) is 12.7 Å². The van der Waals surface area contributed by atoms with Gasteiger partial charge in [-0.25, -0.2) is 14.1 Å². The molecule has 3 heterocycles. The molecule has 2 amide bonds. The summed E-state index contributed by atoms with van der Waals surface area (Å²) in [6, 6.07) is 14.0. The van der Waals surface area contributed by atoms with Crippen LogP contribution < -0.4 is 10.6 Å². The highest BCUT2D eigenvalue weighted by molar-refractivity contribution is 9.10. The van der Waals surface area contributed by atoms with E-state index in [9.17, 15) is 14.0 Å². The van der Waals surface area contributed by atoms with E-state index in [0.29, 0.717) is 37.2 Å². The minimum absolute atomic E-state index is 0.144. The summed E-state index contributed by atoms with van der Waals surface area (Å²) in [5, 5.41) is 14.9. The topological polar surface area (TPSA) is 110 Å². The fourth-order valence-corrected chi connectivity index (χ4v) is 4.95. The van der Waals surface area contributed by atoms with Gasteiger partial charge in [0.15, 0.2) is 5.82 Å². The van der Waals surface area contributed by atoms with Gasteiger partial charge in [-0.05, 0) is 70.4 Å². The molecule has 2 aromatic heterocycles. The van der Waals surface area contributed by atoms with E-state index < -0.39 is 12.0 Å². The number of carbonyl (C=O) groups excluding carboxylic acids is 2. The van der Waals surface area contributed by atoms with Crippen LogP contribution in [0.3, 0.4) is 0 Å². The van der Waals surface area contributed by atoms with Crippen molar-refractivity contribution in [1.29, 1.82) is 0 Å². The number of hydrogen-bond donors (Lipinski definition) is 2. The largest absolute Gasteiger partial charge is 0.382 e. The first-order valence-electron chi connectivity index (χ1n) is 11.9. The third-order valence-corrected chi connectivity index (χ3v) is 6.94. The molecule has 1 unspecified atom stereocenters. The van der Waals surface area contributed by atoms with Crippen molar-refractivity contribution in [3.8, 4) is 5.82 Å². The molecular formula is C27H20BrCl2FN6O3. The minimum atomic E-state index is -0.887. The highest BCUT2D eigenvalue weighted by atomic mass is 79.9. The van der Waals surface area contributed by atoms with Crippen molar-refractivity contribution in [2.75, 3.05) is 5.32 Å². The maximum Gasteiger partial charge on any atom is 0.274 e. The van der Waals surface area contributed by atoms with Gasteiger partial charge in [0.25, 0.3) is 11.8 Å². The predicted molar refractivity (Wildman–Crippen MR) is 152 cm³/mol. The number of nitrogens with one attached hydrogen (secondary N) is 2. The van der Waals surface area contributed by atoms with Crippen molar-refractivity contribution < 1.29 is 18.8 Å². The van der Waals surface area contributed by atoms with Crippen molar-refractivity contribution in [3.63, 3.8) is 0 Å². The molecule has 0 radical (unpaired) electrons. The monoisotopic (exact) mass is 644 g/mol. The number of oxime groups is 1. The second-order valence-corrected chi connectivity index (χ2v) is 10.5. The van der Waals surface area contributed by atoms with Gasteiger partial charge in [0.1, 0.15) is 16.1 Å². The minimum Gasteiger partial charge on any atom is -0.382 e. The molecule has 2 N–H and O–H groups in total. The maximum atomic E-state index is 13.5. The number of rotatable bonds is 7. The van der Waals surface area contributed by atoms with Gasteiger partial charge in [0.05, 0.1) is 16.4 Å². The lowest BCUT2D eigenvalue weighted by Crippen LogP contribution is -2.34. The molecule has 0 aliphatic carbocycles. The predicted octanol–water partition coefficient (Wildman–Crippen LogP) is 5.85. The molecule has 4 aromatic rings. The van der Waals surface area contributed by atoms with Gasteiger partial charge in [0.2, 0.25) is 6.10 Å². The highest BCUT2D eigenvalue weighted by Gasteiger charge is 2.31. The fourth-order valence-electron chi connectivity index (χ4n) is 4.11. The van der Waals surface area contributed by atoms with Gasteiger partial charge < -0.3 is 15.5 Å². The number of halogens is 4. The number of nitrogens with zero attached hydrogens (tertiary/aromatic N) is 4. The average molecular weight is 646 g/mol. The van der Waals surface area contributed by atoms with E-state index in [1.807, 2.05) is 0 Å².